The highest BCUT2D eigenvalue weighted by Crippen LogP contribution is 2.18. The minimum atomic E-state index is -0.0878. The van der Waals surface area contributed by atoms with Crippen LogP contribution in [-0.4, -0.2) is 48.9 Å². The number of aromatic nitrogens is 1. The van der Waals surface area contributed by atoms with E-state index in [0.717, 1.165) is 36.1 Å². The summed E-state index contributed by atoms with van der Waals surface area (Å²) < 4.78 is 10.5. The maximum absolute atomic E-state index is 12.4. The van der Waals surface area contributed by atoms with Crippen LogP contribution in [0.1, 0.15) is 12.7 Å². The number of urea groups is 1. The SMILES string of the molecule is CCOc1ccc(NC(=O)N2CCN(c3cc(C)on3)CC2)cc1. The molecule has 1 N–H and O–H groups in total. The van der Waals surface area contributed by atoms with Gasteiger partial charge < -0.3 is 24.4 Å². The van der Waals surface area contributed by atoms with Gasteiger partial charge in [0, 0.05) is 37.9 Å². The molecule has 7 heteroatoms. The maximum Gasteiger partial charge on any atom is 0.321 e. The summed E-state index contributed by atoms with van der Waals surface area (Å²) in [7, 11) is 0. The van der Waals surface area contributed by atoms with Crippen molar-refractivity contribution < 1.29 is 14.1 Å². The Labute approximate surface area is 141 Å². The fourth-order valence-corrected chi connectivity index (χ4v) is 2.64. The largest absolute Gasteiger partial charge is 0.494 e. The fourth-order valence-electron chi connectivity index (χ4n) is 2.64. The van der Waals surface area contributed by atoms with Gasteiger partial charge >= 0.3 is 6.03 Å². The molecule has 1 fully saturated rings. The summed E-state index contributed by atoms with van der Waals surface area (Å²) in [4.78, 5) is 16.3. The van der Waals surface area contributed by atoms with Crippen molar-refractivity contribution in [2.45, 2.75) is 13.8 Å². The lowest BCUT2D eigenvalue weighted by molar-refractivity contribution is 0.208. The van der Waals surface area contributed by atoms with Gasteiger partial charge in [0.05, 0.1) is 6.61 Å². The molecule has 2 amide bonds. The Balaban J connectivity index is 1.51. The summed E-state index contributed by atoms with van der Waals surface area (Å²) in [5.41, 5.74) is 0.762. The van der Waals surface area contributed by atoms with Crippen molar-refractivity contribution in [2.24, 2.45) is 0 Å². The summed E-state index contributed by atoms with van der Waals surface area (Å²) in [5.74, 6) is 2.42. The summed E-state index contributed by atoms with van der Waals surface area (Å²) in [6.45, 7) is 7.21. The Morgan fingerprint density at radius 1 is 1.25 bits per heavy atom. The van der Waals surface area contributed by atoms with Crippen molar-refractivity contribution in [3.63, 3.8) is 0 Å². The number of carbonyl (C=O) groups is 1. The second kappa shape index (κ2) is 7.25. The molecule has 0 unspecified atom stereocenters. The Morgan fingerprint density at radius 2 is 1.96 bits per heavy atom. The number of hydrogen-bond acceptors (Lipinski definition) is 5. The van der Waals surface area contributed by atoms with Crippen LogP contribution in [0, 0.1) is 6.92 Å². The molecule has 1 aromatic heterocycles. The molecule has 1 saturated heterocycles. The number of carbonyl (C=O) groups excluding carboxylic acids is 1. The predicted molar refractivity (Wildman–Crippen MR) is 91.7 cm³/mol. The Kier molecular flexibility index (Phi) is 4.88. The van der Waals surface area contributed by atoms with Gasteiger partial charge in [-0.3, -0.25) is 0 Å². The average Bonchev–Trinajstić information content (AvgIpc) is 3.03. The number of anilines is 2. The van der Waals surface area contributed by atoms with Crippen molar-refractivity contribution in [3.8, 4) is 5.75 Å². The van der Waals surface area contributed by atoms with Crippen LogP contribution in [0.15, 0.2) is 34.9 Å². The van der Waals surface area contributed by atoms with Crippen molar-refractivity contribution in [2.75, 3.05) is 43.0 Å². The van der Waals surface area contributed by atoms with E-state index in [1.807, 2.05) is 44.2 Å². The lowest BCUT2D eigenvalue weighted by Crippen LogP contribution is -2.50. The second-order valence-electron chi connectivity index (χ2n) is 5.66. The lowest BCUT2D eigenvalue weighted by Gasteiger charge is -2.34. The first-order chi connectivity index (χ1) is 11.7. The third-order valence-electron chi connectivity index (χ3n) is 3.92. The van der Waals surface area contributed by atoms with E-state index in [4.69, 9.17) is 9.26 Å². The summed E-state index contributed by atoms with van der Waals surface area (Å²) in [6.07, 6.45) is 0. The Bertz CT molecular complexity index is 675. The van der Waals surface area contributed by atoms with Crippen LogP contribution in [0.5, 0.6) is 5.75 Å². The van der Waals surface area contributed by atoms with E-state index in [1.165, 1.54) is 0 Å². The number of nitrogens with zero attached hydrogens (tertiary/aromatic N) is 3. The molecule has 0 radical (unpaired) electrons. The van der Waals surface area contributed by atoms with E-state index in [2.05, 4.69) is 15.4 Å². The average molecular weight is 330 g/mol. The van der Waals surface area contributed by atoms with Crippen LogP contribution >= 0.6 is 0 Å². The smallest absolute Gasteiger partial charge is 0.321 e. The lowest BCUT2D eigenvalue weighted by atomic mass is 10.3. The standard InChI is InChI=1S/C17H22N4O3/c1-3-23-15-6-4-14(5-7-15)18-17(22)21-10-8-20(9-11-21)16-12-13(2)24-19-16/h4-7,12H,3,8-11H2,1-2H3,(H,18,22). The minimum Gasteiger partial charge on any atom is -0.494 e. The van der Waals surface area contributed by atoms with Crippen molar-refractivity contribution >= 4 is 17.5 Å². The Morgan fingerprint density at radius 3 is 2.54 bits per heavy atom. The van der Waals surface area contributed by atoms with Crippen LogP contribution in [0.25, 0.3) is 0 Å². The van der Waals surface area contributed by atoms with Crippen LogP contribution in [0.3, 0.4) is 0 Å². The molecule has 0 saturated carbocycles. The highest BCUT2D eigenvalue weighted by Gasteiger charge is 2.22. The van der Waals surface area contributed by atoms with Gasteiger partial charge in [0.2, 0.25) is 0 Å². The van der Waals surface area contributed by atoms with Gasteiger partial charge in [0.1, 0.15) is 11.5 Å². The van der Waals surface area contributed by atoms with Gasteiger partial charge in [-0.25, -0.2) is 4.79 Å². The number of piperazine rings is 1. The monoisotopic (exact) mass is 330 g/mol. The number of rotatable bonds is 4. The number of nitrogens with one attached hydrogen (secondary N) is 1. The summed E-state index contributed by atoms with van der Waals surface area (Å²) >= 11 is 0. The third-order valence-corrected chi connectivity index (χ3v) is 3.92. The molecule has 0 spiro atoms. The van der Waals surface area contributed by atoms with Crippen LogP contribution in [0.4, 0.5) is 16.3 Å². The summed E-state index contributed by atoms with van der Waals surface area (Å²) in [6, 6.07) is 9.22. The second-order valence-corrected chi connectivity index (χ2v) is 5.66. The first-order valence-corrected chi connectivity index (χ1v) is 8.13. The highest BCUT2D eigenvalue weighted by atomic mass is 16.5. The normalized spacial score (nSPS) is 14.6. The molecule has 0 atom stereocenters. The summed E-state index contributed by atoms with van der Waals surface area (Å²) in [5, 5.41) is 6.94. The van der Waals surface area contributed by atoms with E-state index in [-0.39, 0.29) is 6.03 Å². The van der Waals surface area contributed by atoms with Crippen LogP contribution in [-0.2, 0) is 0 Å². The molecule has 0 bridgehead atoms. The van der Waals surface area contributed by atoms with E-state index in [9.17, 15) is 4.79 Å². The maximum atomic E-state index is 12.4. The first kappa shape index (κ1) is 16.2. The van der Waals surface area contributed by atoms with Crippen LogP contribution in [0.2, 0.25) is 0 Å². The molecule has 1 aromatic carbocycles. The molecule has 2 heterocycles. The topological polar surface area (TPSA) is 70.8 Å². The molecular formula is C17H22N4O3. The predicted octanol–water partition coefficient (Wildman–Crippen LogP) is 2.74. The van der Waals surface area contributed by atoms with E-state index in [0.29, 0.717) is 19.7 Å². The number of amides is 2. The number of hydrogen-bond donors (Lipinski definition) is 1. The fraction of sp³-hybridized carbons (Fsp3) is 0.412. The molecule has 24 heavy (non-hydrogen) atoms. The molecule has 0 aliphatic carbocycles. The zero-order valence-electron chi connectivity index (χ0n) is 14.0. The number of benzene rings is 1. The van der Waals surface area contributed by atoms with Crippen LogP contribution < -0.4 is 15.0 Å². The molecule has 128 valence electrons. The van der Waals surface area contributed by atoms with Gasteiger partial charge in [-0.15, -0.1) is 0 Å². The number of ether oxygens (including phenoxy) is 1. The quantitative estimate of drug-likeness (QED) is 0.933. The van der Waals surface area contributed by atoms with Gasteiger partial charge in [-0.2, -0.15) is 0 Å². The molecule has 1 aliphatic rings. The molecule has 2 aromatic rings. The third kappa shape index (κ3) is 3.79. The van der Waals surface area contributed by atoms with Gasteiger partial charge in [0.25, 0.3) is 0 Å². The van der Waals surface area contributed by atoms with E-state index < -0.39 is 0 Å². The molecular weight excluding hydrogens is 308 g/mol. The van der Waals surface area contributed by atoms with Crippen molar-refractivity contribution in [1.29, 1.82) is 0 Å². The minimum absolute atomic E-state index is 0.0878. The van der Waals surface area contributed by atoms with Gasteiger partial charge in [-0.1, -0.05) is 5.16 Å². The van der Waals surface area contributed by atoms with Crippen molar-refractivity contribution in [3.05, 3.63) is 36.1 Å². The zero-order valence-corrected chi connectivity index (χ0v) is 14.0. The number of aryl methyl sites for hydroxylation is 1. The van der Waals surface area contributed by atoms with E-state index in [1.54, 1.807) is 4.90 Å². The van der Waals surface area contributed by atoms with Gasteiger partial charge in [0.15, 0.2) is 5.82 Å². The molecule has 1 aliphatic heterocycles. The molecule has 7 nitrogen and oxygen atoms in total. The van der Waals surface area contributed by atoms with E-state index >= 15 is 0 Å². The zero-order chi connectivity index (χ0) is 16.9. The van der Waals surface area contributed by atoms with Crippen molar-refractivity contribution in [1.82, 2.24) is 10.1 Å². The first-order valence-electron chi connectivity index (χ1n) is 8.13. The molecule has 3 rings (SSSR count). The van der Waals surface area contributed by atoms with Gasteiger partial charge in [-0.05, 0) is 38.1 Å². The Hall–Kier alpha value is -2.70. The highest BCUT2D eigenvalue weighted by molar-refractivity contribution is 5.89.